The third kappa shape index (κ3) is 4.32. The van der Waals surface area contributed by atoms with Crippen LogP contribution in [0, 0.1) is 17.2 Å². The Labute approximate surface area is 272 Å². The highest BCUT2D eigenvalue weighted by Gasteiger charge is 2.17. The fourth-order valence-corrected chi connectivity index (χ4v) is 7.24. The molecule has 1 atom stereocenters. The van der Waals surface area contributed by atoms with E-state index in [1.165, 1.54) is 21.5 Å². The zero-order valence-electron chi connectivity index (χ0n) is 25.9. The van der Waals surface area contributed by atoms with E-state index in [1.54, 1.807) is 0 Å². The maximum Gasteiger partial charge on any atom is 0.0998 e. The van der Waals surface area contributed by atoms with Crippen LogP contribution in [-0.4, -0.2) is 15.3 Å². The predicted octanol–water partition coefficient (Wildman–Crippen LogP) is 10.9. The van der Waals surface area contributed by atoms with Gasteiger partial charge in [0.05, 0.1) is 39.4 Å². The minimum Gasteiger partial charge on any atom is -0.309 e. The number of hydrogen-bond donors (Lipinski definition) is 0. The summed E-state index contributed by atoms with van der Waals surface area (Å²) in [6, 6.07) is 49.5. The van der Waals surface area contributed by atoms with Crippen molar-refractivity contribution < 1.29 is 0 Å². The topological polar surface area (TPSA) is 46.0 Å². The van der Waals surface area contributed by atoms with Crippen molar-refractivity contribution in [2.75, 3.05) is 0 Å². The number of rotatable bonds is 4. The Morgan fingerprint density at radius 2 is 1.21 bits per heavy atom. The predicted molar refractivity (Wildman–Crippen MR) is 196 cm³/mol. The summed E-state index contributed by atoms with van der Waals surface area (Å²) >= 11 is 0. The average Bonchev–Trinajstić information content (AvgIpc) is 3.64. The summed E-state index contributed by atoms with van der Waals surface area (Å²) in [4.78, 5) is 4.75. The highest BCUT2D eigenvalue weighted by molar-refractivity contribution is 6.11. The van der Waals surface area contributed by atoms with E-state index in [0.717, 1.165) is 62.2 Å². The van der Waals surface area contributed by atoms with Gasteiger partial charge in [-0.2, -0.15) is 5.26 Å². The average molecular weight is 603 g/mol. The van der Waals surface area contributed by atoms with Crippen molar-refractivity contribution in [3.63, 3.8) is 0 Å². The normalized spacial score (nSPS) is 14.6. The van der Waals surface area contributed by atoms with E-state index in [0.29, 0.717) is 11.5 Å². The van der Waals surface area contributed by atoms with Crippen LogP contribution in [0.2, 0.25) is 0 Å². The molecular formula is C43H30N4. The zero-order valence-corrected chi connectivity index (χ0v) is 25.9. The van der Waals surface area contributed by atoms with Crippen LogP contribution in [0.25, 0.3) is 71.8 Å². The van der Waals surface area contributed by atoms with Gasteiger partial charge in [0, 0.05) is 50.3 Å². The number of fused-ring (bicyclic) bond motifs is 6. The molecule has 0 saturated carbocycles. The molecule has 47 heavy (non-hydrogen) atoms. The summed E-state index contributed by atoms with van der Waals surface area (Å²) in [5, 5.41) is 15.1. The number of para-hydroxylation sites is 3. The van der Waals surface area contributed by atoms with Crippen molar-refractivity contribution >= 4 is 55.5 Å². The molecule has 0 aliphatic carbocycles. The highest BCUT2D eigenvalue weighted by Crippen LogP contribution is 2.37. The Balaban J connectivity index is 1.21. The standard InChI is InChI=1S/C43H30N4/c1-28-17-21-39(45-27-28)30-19-22-43-38(24-30)36-13-4-7-16-42(36)46(43)32-10-8-9-29(23-32)37-25-33(20-18-31(37)26-44)47-40-14-5-2-11-34(40)35-12-3-6-15-41(35)47/h2-16,18-25,27-28H,17H2,1H3. The fraction of sp³-hybridized carbons (Fsp3) is 0.0698. The van der Waals surface area contributed by atoms with Gasteiger partial charge >= 0.3 is 0 Å². The Kier molecular flexibility index (Phi) is 6.19. The summed E-state index contributed by atoms with van der Waals surface area (Å²) in [6.45, 7) is 2.20. The van der Waals surface area contributed by atoms with Gasteiger partial charge in [0.2, 0.25) is 0 Å². The molecule has 1 aliphatic heterocycles. The molecule has 4 nitrogen and oxygen atoms in total. The van der Waals surface area contributed by atoms with Gasteiger partial charge in [0.15, 0.2) is 0 Å². The number of allylic oxidation sites excluding steroid dienone is 1. The monoisotopic (exact) mass is 602 g/mol. The van der Waals surface area contributed by atoms with Crippen molar-refractivity contribution in [3.8, 4) is 28.6 Å². The van der Waals surface area contributed by atoms with Crippen molar-refractivity contribution in [2.45, 2.75) is 13.3 Å². The van der Waals surface area contributed by atoms with Gasteiger partial charge < -0.3 is 9.13 Å². The SMILES string of the molecule is CC1C=NC(c2ccc3c(c2)c2ccccc2n3-c2cccc(-c3cc(-n4c5ccccc5c5ccccc54)ccc3C#N)c2)=CC1. The maximum atomic E-state index is 10.3. The van der Waals surface area contributed by atoms with Crippen molar-refractivity contribution in [3.05, 3.63) is 151 Å². The summed E-state index contributed by atoms with van der Waals surface area (Å²) < 4.78 is 4.64. The van der Waals surface area contributed by atoms with Crippen LogP contribution in [0.3, 0.4) is 0 Å². The number of benzene rings is 6. The summed E-state index contributed by atoms with van der Waals surface area (Å²) in [5.41, 5.74) is 11.4. The third-order valence-electron chi connectivity index (χ3n) is 9.50. The largest absolute Gasteiger partial charge is 0.309 e. The summed E-state index contributed by atoms with van der Waals surface area (Å²) in [5.74, 6) is 0.473. The lowest BCUT2D eigenvalue weighted by Gasteiger charge is -2.14. The van der Waals surface area contributed by atoms with Gasteiger partial charge in [0.1, 0.15) is 0 Å². The molecule has 4 heteroatoms. The first-order valence-corrected chi connectivity index (χ1v) is 16.1. The second kappa shape index (κ2) is 10.7. The minimum absolute atomic E-state index is 0.473. The zero-order chi connectivity index (χ0) is 31.5. The van der Waals surface area contributed by atoms with E-state index < -0.39 is 0 Å². The van der Waals surface area contributed by atoms with Crippen LogP contribution in [-0.2, 0) is 0 Å². The van der Waals surface area contributed by atoms with Crippen LogP contribution in [0.5, 0.6) is 0 Å². The van der Waals surface area contributed by atoms with E-state index in [4.69, 9.17) is 4.99 Å². The minimum atomic E-state index is 0.473. The van der Waals surface area contributed by atoms with Gasteiger partial charge in [-0.15, -0.1) is 0 Å². The Morgan fingerprint density at radius 3 is 1.85 bits per heavy atom. The smallest absolute Gasteiger partial charge is 0.0998 e. The number of nitrogens with zero attached hydrogens (tertiary/aromatic N) is 4. The lowest BCUT2D eigenvalue weighted by molar-refractivity contribution is 0.799. The van der Waals surface area contributed by atoms with Crippen LogP contribution < -0.4 is 0 Å². The van der Waals surface area contributed by atoms with Crippen LogP contribution >= 0.6 is 0 Å². The fourth-order valence-electron chi connectivity index (χ4n) is 7.24. The molecule has 222 valence electrons. The van der Waals surface area contributed by atoms with E-state index >= 15 is 0 Å². The molecule has 1 aliphatic rings. The molecule has 9 rings (SSSR count). The lowest BCUT2D eigenvalue weighted by atomic mass is 9.99. The molecule has 1 unspecified atom stereocenters. The van der Waals surface area contributed by atoms with Crippen molar-refractivity contribution in [1.82, 2.24) is 9.13 Å². The van der Waals surface area contributed by atoms with Gasteiger partial charge in [0.25, 0.3) is 0 Å². The maximum absolute atomic E-state index is 10.3. The molecule has 0 amide bonds. The first-order chi connectivity index (χ1) is 23.2. The molecule has 6 aromatic carbocycles. The molecular weight excluding hydrogens is 573 g/mol. The molecule has 0 fully saturated rings. The Morgan fingerprint density at radius 1 is 0.596 bits per heavy atom. The van der Waals surface area contributed by atoms with Gasteiger partial charge in [-0.05, 0) is 78.6 Å². The second-order valence-corrected chi connectivity index (χ2v) is 12.4. The molecule has 0 N–H and O–H groups in total. The number of hydrogen-bond acceptors (Lipinski definition) is 2. The van der Waals surface area contributed by atoms with Crippen molar-refractivity contribution in [2.24, 2.45) is 10.9 Å². The molecule has 0 radical (unpaired) electrons. The molecule has 0 bridgehead atoms. The first-order valence-electron chi connectivity index (χ1n) is 16.1. The quantitative estimate of drug-likeness (QED) is 0.198. The van der Waals surface area contributed by atoms with E-state index in [2.05, 4.69) is 162 Å². The third-order valence-corrected chi connectivity index (χ3v) is 9.50. The molecule has 8 aromatic rings. The van der Waals surface area contributed by atoms with E-state index in [1.807, 2.05) is 6.07 Å². The number of aromatic nitrogens is 2. The van der Waals surface area contributed by atoms with Crippen LogP contribution in [0.15, 0.2) is 145 Å². The van der Waals surface area contributed by atoms with E-state index in [-0.39, 0.29) is 0 Å². The van der Waals surface area contributed by atoms with Gasteiger partial charge in [-0.25, -0.2) is 0 Å². The second-order valence-electron chi connectivity index (χ2n) is 12.4. The number of aliphatic imine (C=N–C) groups is 1. The van der Waals surface area contributed by atoms with Gasteiger partial charge in [-0.3, -0.25) is 4.99 Å². The molecule has 3 heterocycles. The first kappa shape index (κ1) is 27.2. The Bertz CT molecular complexity index is 2590. The molecule has 0 spiro atoms. The van der Waals surface area contributed by atoms with Crippen LogP contribution in [0.1, 0.15) is 24.5 Å². The van der Waals surface area contributed by atoms with Gasteiger partial charge in [-0.1, -0.05) is 85.8 Å². The van der Waals surface area contributed by atoms with E-state index in [9.17, 15) is 5.26 Å². The summed E-state index contributed by atoms with van der Waals surface area (Å²) in [7, 11) is 0. The lowest BCUT2D eigenvalue weighted by Crippen LogP contribution is -2.00. The highest BCUT2D eigenvalue weighted by atomic mass is 15.0. The molecule has 0 saturated heterocycles. The van der Waals surface area contributed by atoms with Crippen LogP contribution in [0.4, 0.5) is 0 Å². The number of nitriles is 1. The molecule has 2 aromatic heterocycles. The Hall–Kier alpha value is -6.18. The summed E-state index contributed by atoms with van der Waals surface area (Å²) in [6.07, 6.45) is 5.31. The van der Waals surface area contributed by atoms with Crippen molar-refractivity contribution in [1.29, 1.82) is 5.26 Å².